The lowest BCUT2D eigenvalue weighted by molar-refractivity contribution is 0.477. The summed E-state index contributed by atoms with van der Waals surface area (Å²) >= 11 is 0. The molecule has 0 aliphatic carbocycles. The summed E-state index contributed by atoms with van der Waals surface area (Å²) in [7, 11) is 0.0620. The summed E-state index contributed by atoms with van der Waals surface area (Å²) in [5.41, 5.74) is 6.95. The highest BCUT2D eigenvalue weighted by molar-refractivity contribution is 7.92. The van der Waals surface area contributed by atoms with Gasteiger partial charge in [-0.2, -0.15) is 0 Å². The van der Waals surface area contributed by atoms with Crippen molar-refractivity contribution >= 4 is 27.1 Å². The van der Waals surface area contributed by atoms with Crippen LogP contribution in [0.5, 0.6) is 5.75 Å². The normalized spacial score (nSPS) is 11.1. The van der Waals surface area contributed by atoms with Crippen LogP contribution in [0.15, 0.2) is 47.4 Å². The zero-order valence-corrected chi connectivity index (χ0v) is 12.6. The third kappa shape index (κ3) is 3.38. The molecule has 0 spiro atoms. The van der Waals surface area contributed by atoms with Gasteiger partial charge in [0.15, 0.2) is 0 Å². The molecule has 0 radical (unpaired) electrons. The molecule has 0 saturated carbocycles. The highest BCUT2D eigenvalue weighted by Gasteiger charge is 2.15. The number of hydrogen-bond acceptors (Lipinski definition) is 5. The van der Waals surface area contributed by atoms with E-state index in [-0.39, 0.29) is 16.3 Å². The van der Waals surface area contributed by atoms with Gasteiger partial charge < -0.3 is 15.7 Å². The van der Waals surface area contributed by atoms with E-state index in [4.69, 9.17) is 5.73 Å². The molecule has 21 heavy (non-hydrogen) atoms. The van der Waals surface area contributed by atoms with Crippen molar-refractivity contribution in [3.63, 3.8) is 0 Å². The number of nitrogens with two attached hydrogens (primary N) is 1. The fourth-order valence-corrected chi connectivity index (χ4v) is 2.83. The van der Waals surface area contributed by atoms with Crippen LogP contribution in [0.2, 0.25) is 0 Å². The summed E-state index contributed by atoms with van der Waals surface area (Å²) in [5, 5.41) is 9.34. The van der Waals surface area contributed by atoms with E-state index in [0.717, 1.165) is 5.69 Å². The molecule has 0 aromatic heterocycles. The highest BCUT2D eigenvalue weighted by atomic mass is 32.2. The second-order valence-electron chi connectivity index (χ2n) is 4.77. The van der Waals surface area contributed by atoms with Gasteiger partial charge >= 0.3 is 0 Å². The fourth-order valence-electron chi connectivity index (χ4n) is 1.74. The number of phenols is 1. The Hall–Kier alpha value is -2.41. The van der Waals surface area contributed by atoms with Crippen molar-refractivity contribution in [1.82, 2.24) is 0 Å². The molecule has 6 nitrogen and oxygen atoms in total. The molecule has 2 aromatic rings. The lowest BCUT2D eigenvalue weighted by Gasteiger charge is -2.13. The number of sulfonamides is 1. The second kappa shape index (κ2) is 5.53. The van der Waals surface area contributed by atoms with Gasteiger partial charge in [0.25, 0.3) is 10.0 Å². The summed E-state index contributed by atoms with van der Waals surface area (Å²) in [6.07, 6.45) is 0. The van der Waals surface area contributed by atoms with E-state index < -0.39 is 10.0 Å². The maximum absolute atomic E-state index is 12.2. The molecule has 7 heteroatoms. The van der Waals surface area contributed by atoms with Crippen molar-refractivity contribution in [3.05, 3.63) is 42.5 Å². The summed E-state index contributed by atoms with van der Waals surface area (Å²) < 4.78 is 26.9. The van der Waals surface area contributed by atoms with Crippen molar-refractivity contribution in [2.24, 2.45) is 0 Å². The number of nitrogens with zero attached hydrogens (tertiary/aromatic N) is 1. The molecule has 0 amide bonds. The average Bonchev–Trinajstić information content (AvgIpc) is 2.42. The van der Waals surface area contributed by atoms with Gasteiger partial charge in [0.1, 0.15) is 5.75 Å². The number of rotatable bonds is 4. The van der Waals surface area contributed by atoms with Crippen LogP contribution >= 0.6 is 0 Å². The van der Waals surface area contributed by atoms with E-state index in [9.17, 15) is 13.5 Å². The minimum atomic E-state index is -3.74. The molecular weight excluding hydrogens is 290 g/mol. The second-order valence-corrected chi connectivity index (χ2v) is 6.45. The Morgan fingerprint density at radius 1 is 1.10 bits per heavy atom. The molecule has 112 valence electrons. The largest absolute Gasteiger partial charge is 0.506 e. The fraction of sp³-hybridized carbons (Fsp3) is 0.143. The molecule has 4 N–H and O–H groups in total. The quantitative estimate of drug-likeness (QED) is 0.592. The van der Waals surface area contributed by atoms with Crippen LogP contribution in [-0.2, 0) is 10.0 Å². The van der Waals surface area contributed by atoms with E-state index in [1.54, 1.807) is 12.1 Å². The van der Waals surface area contributed by atoms with Gasteiger partial charge in [0, 0.05) is 25.5 Å². The average molecular weight is 307 g/mol. The predicted octanol–water partition coefficient (Wildman–Crippen LogP) is 1.84. The first-order chi connectivity index (χ1) is 9.79. The first kappa shape index (κ1) is 15.0. The number of benzene rings is 2. The van der Waals surface area contributed by atoms with Crippen LogP contribution in [0, 0.1) is 0 Å². The van der Waals surface area contributed by atoms with Crippen molar-refractivity contribution in [1.29, 1.82) is 0 Å². The van der Waals surface area contributed by atoms with Gasteiger partial charge in [-0.3, -0.25) is 4.72 Å². The van der Waals surface area contributed by atoms with Crippen LogP contribution in [0.3, 0.4) is 0 Å². The Morgan fingerprint density at radius 2 is 1.71 bits per heavy atom. The molecule has 0 unspecified atom stereocenters. The van der Waals surface area contributed by atoms with Crippen molar-refractivity contribution in [2.45, 2.75) is 4.90 Å². The Labute approximate surface area is 123 Å². The maximum atomic E-state index is 12.2. The number of hydrogen-bond donors (Lipinski definition) is 3. The zero-order chi connectivity index (χ0) is 15.6. The van der Waals surface area contributed by atoms with Crippen LogP contribution in [0.1, 0.15) is 0 Å². The molecule has 0 aliphatic heterocycles. The van der Waals surface area contributed by atoms with E-state index in [1.807, 2.05) is 31.1 Å². The number of phenolic OH excluding ortho intramolecular Hbond substituents is 1. The highest BCUT2D eigenvalue weighted by Crippen LogP contribution is 2.25. The monoisotopic (exact) mass is 307 g/mol. The van der Waals surface area contributed by atoms with Crippen molar-refractivity contribution in [2.75, 3.05) is 29.5 Å². The minimum Gasteiger partial charge on any atom is -0.506 e. The molecule has 0 fully saturated rings. The van der Waals surface area contributed by atoms with Crippen LogP contribution in [0.25, 0.3) is 0 Å². The molecule has 2 rings (SSSR count). The lowest BCUT2D eigenvalue weighted by atomic mass is 10.3. The van der Waals surface area contributed by atoms with E-state index in [2.05, 4.69) is 4.72 Å². The zero-order valence-electron chi connectivity index (χ0n) is 11.7. The Balaban J connectivity index is 2.26. The smallest absolute Gasteiger partial charge is 0.261 e. The van der Waals surface area contributed by atoms with Crippen LogP contribution in [0.4, 0.5) is 17.1 Å². The SMILES string of the molecule is CN(C)c1ccc(NS(=O)(=O)c2ccc(O)c(N)c2)cc1. The Kier molecular flexibility index (Phi) is 3.95. The molecule has 2 aromatic carbocycles. The van der Waals surface area contributed by atoms with Crippen molar-refractivity contribution < 1.29 is 13.5 Å². The summed E-state index contributed by atoms with van der Waals surface area (Å²) in [6.45, 7) is 0. The first-order valence-electron chi connectivity index (χ1n) is 6.18. The molecule has 0 saturated heterocycles. The van der Waals surface area contributed by atoms with Gasteiger partial charge in [-0.05, 0) is 42.5 Å². The van der Waals surface area contributed by atoms with Crippen molar-refractivity contribution in [3.8, 4) is 5.75 Å². The number of nitrogen functional groups attached to an aromatic ring is 1. The summed E-state index contributed by atoms with van der Waals surface area (Å²) in [4.78, 5) is 1.91. The molecular formula is C14H17N3O3S. The van der Waals surface area contributed by atoms with Crippen LogP contribution < -0.4 is 15.4 Å². The Bertz CT molecular complexity index is 741. The predicted molar refractivity (Wildman–Crippen MR) is 84.1 cm³/mol. The van der Waals surface area contributed by atoms with E-state index in [0.29, 0.717) is 5.69 Å². The van der Waals surface area contributed by atoms with Crippen LogP contribution in [-0.4, -0.2) is 27.6 Å². The summed E-state index contributed by atoms with van der Waals surface area (Å²) in [6, 6.07) is 10.7. The van der Waals surface area contributed by atoms with Gasteiger partial charge in [0.05, 0.1) is 10.6 Å². The Morgan fingerprint density at radius 3 is 2.24 bits per heavy atom. The number of aromatic hydroxyl groups is 1. The van der Waals surface area contributed by atoms with Gasteiger partial charge in [0.2, 0.25) is 0 Å². The molecule has 0 heterocycles. The van der Waals surface area contributed by atoms with E-state index in [1.165, 1.54) is 18.2 Å². The van der Waals surface area contributed by atoms with Gasteiger partial charge in [-0.15, -0.1) is 0 Å². The molecule has 0 aliphatic rings. The first-order valence-corrected chi connectivity index (χ1v) is 7.66. The van der Waals surface area contributed by atoms with E-state index >= 15 is 0 Å². The number of nitrogens with one attached hydrogen (secondary N) is 1. The summed E-state index contributed by atoms with van der Waals surface area (Å²) in [5.74, 6) is -0.149. The minimum absolute atomic E-state index is 0.00511. The molecule has 0 bridgehead atoms. The molecule has 0 atom stereocenters. The van der Waals surface area contributed by atoms with Gasteiger partial charge in [-0.25, -0.2) is 8.42 Å². The topological polar surface area (TPSA) is 95.7 Å². The lowest BCUT2D eigenvalue weighted by Crippen LogP contribution is -2.13. The third-order valence-corrected chi connectivity index (χ3v) is 4.32. The third-order valence-electron chi connectivity index (χ3n) is 2.95. The standard InChI is InChI=1S/C14H17N3O3S/c1-17(2)11-5-3-10(4-6-11)16-21(19,20)12-7-8-14(18)13(15)9-12/h3-9,16,18H,15H2,1-2H3. The van der Waals surface area contributed by atoms with Gasteiger partial charge in [-0.1, -0.05) is 0 Å². The maximum Gasteiger partial charge on any atom is 0.261 e. The number of anilines is 3.